The number of carbonyl (C=O) groups excluding carboxylic acids is 1. The molecule has 3 rings (SSSR count). The predicted molar refractivity (Wildman–Crippen MR) is 118 cm³/mol. The molecule has 31 heavy (non-hydrogen) atoms. The number of rotatable bonds is 11. The van der Waals surface area contributed by atoms with E-state index in [9.17, 15) is 9.59 Å². The van der Waals surface area contributed by atoms with Crippen molar-refractivity contribution in [3.8, 4) is 17.1 Å². The first kappa shape index (κ1) is 21.9. The van der Waals surface area contributed by atoms with Gasteiger partial charge in [-0.1, -0.05) is 12.1 Å². The van der Waals surface area contributed by atoms with Gasteiger partial charge in [-0.25, -0.2) is 0 Å². The molecule has 0 fully saturated rings. The first-order chi connectivity index (χ1) is 15.2. The Morgan fingerprint density at radius 3 is 2.68 bits per heavy atom. The van der Waals surface area contributed by atoms with Gasteiger partial charge < -0.3 is 15.0 Å². The average molecular weight is 419 g/mol. The molecule has 0 spiro atoms. The summed E-state index contributed by atoms with van der Waals surface area (Å²) in [5.74, 6) is 0.950. The smallest absolute Gasteiger partial charge is 0.273 e. The van der Waals surface area contributed by atoms with Crippen LogP contribution < -0.4 is 15.6 Å². The Kier molecular flexibility index (Phi) is 8.05. The van der Waals surface area contributed by atoms with Gasteiger partial charge in [-0.05, 0) is 42.8 Å². The fourth-order valence-electron chi connectivity index (χ4n) is 2.82. The molecule has 0 atom stereocenters. The van der Waals surface area contributed by atoms with Crippen LogP contribution in [0.2, 0.25) is 0 Å². The second-order valence-electron chi connectivity index (χ2n) is 6.82. The van der Waals surface area contributed by atoms with Crippen molar-refractivity contribution in [1.29, 1.82) is 0 Å². The maximum Gasteiger partial charge on any atom is 0.273 e. The molecule has 3 aromatic rings. The number of hydrogen-bond acceptors (Lipinski definition) is 6. The van der Waals surface area contributed by atoms with Gasteiger partial charge in [0.1, 0.15) is 11.4 Å². The third-order valence-electron chi connectivity index (χ3n) is 4.50. The Morgan fingerprint density at radius 2 is 1.97 bits per heavy atom. The quantitative estimate of drug-likeness (QED) is 0.365. The number of aromatic nitrogens is 4. The second-order valence-corrected chi connectivity index (χ2v) is 6.82. The summed E-state index contributed by atoms with van der Waals surface area (Å²) in [6.45, 7) is 4.71. The Bertz CT molecular complexity index is 1050. The van der Waals surface area contributed by atoms with Crippen LogP contribution in [0.3, 0.4) is 0 Å². The van der Waals surface area contributed by atoms with Crippen molar-refractivity contribution in [2.75, 3.05) is 13.2 Å². The highest BCUT2D eigenvalue weighted by Crippen LogP contribution is 2.18. The highest BCUT2D eigenvalue weighted by Gasteiger charge is 2.10. The first-order valence-corrected chi connectivity index (χ1v) is 10.1. The molecule has 0 unspecified atom stereocenters. The minimum Gasteiger partial charge on any atom is -0.493 e. The fourth-order valence-corrected chi connectivity index (χ4v) is 2.82. The number of H-pyrrole nitrogens is 1. The normalized spacial score (nSPS) is 10.5. The van der Waals surface area contributed by atoms with Gasteiger partial charge in [0.25, 0.3) is 5.56 Å². The fraction of sp³-hybridized carbons (Fsp3) is 0.261. The minimum atomic E-state index is -0.349. The van der Waals surface area contributed by atoms with Crippen molar-refractivity contribution in [2.24, 2.45) is 0 Å². The van der Waals surface area contributed by atoms with Gasteiger partial charge in [-0.3, -0.25) is 14.6 Å². The lowest BCUT2D eigenvalue weighted by Crippen LogP contribution is -2.27. The van der Waals surface area contributed by atoms with Crippen LogP contribution in [0.4, 0.5) is 0 Å². The van der Waals surface area contributed by atoms with Crippen molar-refractivity contribution >= 4 is 5.91 Å². The summed E-state index contributed by atoms with van der Waals surface area (Å²) in [5.41, 5.74) is 1.52. The maximum absolute atomic E-state index is 12.3. The van der Waals surface area contributed by atoms with E-state index in [4.69, 9.17) is 4.74 Å². The van der Waals surface area contributed by atoms with E-state index in [1.807, 2.05) is 30.3 Å². The zero-order chi connectivity index (χ0) is 21.9. The molecule has 0 aliphatic heterocycles. The Morgan fingerprint density at radius 1 is 1.13 bits per heavy atom. The molecule has 2 heterocycles. The molecule has 160 valence electrons. The summed E-state index contributed by atoms with van der Waals surface area (Å²) in [6, 6.07) is 12.9. The monoisotopic (exact) mass is 419 g/mol. The summed E-state index contributed by atoms with van der Waals surface area (Å²) in [4.78, 5) is 31.3. The lowest BCUT2D eigenvalue weighted by Gasteiger charge is -2.06. The van der Waals surface area contributed by atoms with E-state index >= 15 is 0 Å². The lowest BCUT2D eigenvalue weighted by atomic mass is 10.2. The first-order valence-electron chi connectivity index (χ1n) is 10.1. The third kappa shape index (κ3) is 6.88. The van der Waals surface area contributed by atoms with Crippen molar-refractivity contribution in [2.45, 2.75) is 25.7 Å². The molecule has 8 heteroatoms. The molecule has 1 amide bonds. The molecule has 0 saturated heterocycles. The molecule has 0 aliphatic carbocycles. The van der Waals surface area contributed by atoms with Gasteiger partial charge in [-0.15, -0.1) is 16.8 Å². The zero-order valence-electron chi connectivity index (χ0n) is 17.2. The summed E-state index contributed by atoms with van der Waals surface area (Å²) in [5, 5.41) is 10.9. The summed E-state index contributed by atoms with van der Waals surface area (Å²) in [7, 11) is 0. The molecular weight excluding hydrogens is 394 g/mol. The molecule has 2 N–H and O–H groups in total. The van der Waals surface area contributed by atoms with E-state index in [-0.39, 0.29) is 30.0 Å². The zero-order valence-corrected chi connectivity index (χ0v) is 17.2. The number of hydrogen-bond donors (Lipinski definition) is 2. The van der Waals surface area contributed by atoms with Crippen LogP contribution in [-0.2, 0) is 17.6 Å². The number of nitrogens with one attached hydrogen (secondary N) is 2. The number of aromatic amines is 1. The Balaban J connectivity index is 1.49. The lowest BCUT2D eigenvalue weighted by molar-refractivity contribution is -0.121. The van der Waals surface area contributed by atoms with Crippen molar-refractivity contribution in [3.05, 3.63) is 83.1 Å². The van der Waals surface area contributed by atoms with Crippen LogP contribution in [0, 0.1) is 0 Å². The molecule has 0 bridgehead atoms. The van der Waals surface area contributed by atoms with E-state index in [2.05, 4.69) is 32.1 Å². The Labute approximate surface area is 180 Å². The molecule has 8 nitrogen and oxygen atoms in total. The highest BCUT2D eigenvalue weighted by atomic mass is 16.5. The summed E-state index contributed by atoms with van der Waals surface area (Å²) in [6.07, 6.45) is 5.31. The van der Waals surface area contributed by atoms with Crippen LogP contribution >= 0.6 is 0 Å². The third-order valence-corrected chi connectivity index (χ3v) is 4.50. The van der Waals surface area contributed by atoms with E-state index in [0.717, 1.165) is 23.4 Å². The molecular formula is C23H25N5O3. The standard InChI is InChI=1S/C23H25N5O3/c1-2-3-16-31-19-9-7-17(8-10-19)22-26-23(30)20(27-28-22)11-12-21(29)25-15-13-18-6-4-5-14-24-18/h2,4-10,14H,1,3,11-13,15-16H2,(H,25,29)(H,26,28,30). The van der Waals surface area contributed by atoms with Crippen LogP contribution in [0.25, 0.3) is 11.4 Å². The van der Waals surface area contributed by atoms with Crippen molar-refractivity contribution < 1.29 is 9.53 Å². The maximum atomic E-state index is 12.3. The minimum absolute atomic E-state index is 0.145. The van der Waals surface area contributed by atoms with Gasteiger partial charge in [-0.2, -0.15) is 0 Å². The SMILES string of the molecule is C=CCCOc1ccc(-c2nnc(CCC(=O)NCCc3ccccn3)c(=O)[nH]2)cc1. The number of carbonyl (C=O) groups is 1. The van der Waals surface area contributed by atoms with Gasteiger partial charge in [0.2, 0.25) is 5.91 Å². The summed E-state index contributed by atoms with van der Waals surface area (Å²) >= 11 is 0. The average Bonchev–Trinajstić information content (AvgIpc) is 2.79. The second kappa shape index (κ2) is 11.4. The molecule has 0 aliphatic rings. The van der Waals surface area contributed by atoms with Gasteiger partial charge in [0.15, 0.2) is 5.82 Å². The van der Waals surface area contributed by atoms with E-state index in [1.54, 1.807) is 24.4 Å². The highest BCUT2D eigenvalue weighted by molar-refractivity contribution is 5.76. The number of pyridine rings is 1. The van der Waals surface area contributed by atoms with Crippen LogP contribution in [-0.4, -0.2) is 39.2 Å². The van der Waals surface area contributed by atoms with Gasteiger partial charge in [0, 0.05) is 43.3 Å². The molecule has 0 saturated carbocycles. The van der Waals surface area contributed by atoms with E-state index in [1.165, 1.54) is 0 Å². The van der Waals surface area contributed by atoms with E-state index in [0.29, 0.717) is 25.4 Å². The number of nitrogens with zero attached hydrogens (tertiary/aromatic N) is 3. The number of amides is 1. The number of ether oxygens (including phenoxy) is 1. The van der Waals surface area contributed by atoms with Gasteiger partial charge >= 0.3 is 0 Å². The van der Waals surface area contributed by atoms with Crippen LogP contribution in [0.15, 0.2) is 66.1 Å². The largest absolute Gasteiger partial charge is 0.493 e. The van der Waals surface area contributed by atoms with Crippen LogP contribution in [0.1, 0.15) is 24.2 Å². The van der Waals surface area contributed by atoms with Gasteiger partial charge in [0.05, 0.1) is 6.61 Å². The predicted octanol–water partition coefficient (Wildman–Crippen LogP) is 2.47. The summed E-state index contributed by atoms with van der Waals surface area (Å²) < 4.78 is 5.57. The Hall–Kier alpha value is -3.81. The molecule has 0 radical (unpaired) electrons. The molecule has 1 aromatic carbocycles. The molecule has 2 aromatic heterocycles. The van der Waals surface area contributed by atoms with Crippen molar-refractivity contribution in [1.82, 2.24) is 25.5 Å². The van der Waals surface area contributed by atoms with E-state index < -0.39 is 0 Å². The van der Waals surface area contributed by atoms with Crippen LogP contribution in [0.5, 0.6) is 5.75 Å². The number of benzene rings is 1. The topological polar surface area (TPSA) is 110 Å². The van der Waals surface area contributed by atoms with Crippen molar-refractivity contribution in [3.63, 3.8) is 0 Å². The number of aryl methyl sites for hydroxylation is 1.